The molecular formula is C10H14N2O2. The van der Waals surface area contributed by atoms with Gasteiger partial charge in [0.2, 0.25) is 0 Å². The molecule has 0 aromatic carbocycles. The number of hydrogen-bond acceptors (Lipinski definition) is 2. The molecule has 1 heterocycles. The van der Waals surface area contributed by atoms with E-state index in [2.05, 4.69) is 9.97 Å². The summed E-state index contributed by atoms with van der Waals surface area (Å²) in [6.45, 7) is 0. The number of aromatic amines is 1. The Balaban J connectivity index is 2.09. The standard InChI is InChI=1S/C10H14N2O2/c13-9(14)6-8(7-2-1-3-7)10-11-4-5-12-10/h4-5,7-8H,1-3,6H2,(H,11,12)(H,13,14). The van der Waals surface area contributed by atoms with Crippen LogP contribution in [0.4, 0.5) is 0 Å². The smallest absolute Gasteiger partial charge is 0.304 e. The fourth-order valence-electron chi connectivity index (χ4n) is 2.00. The molecule has 0 aliphatic heterocycles. The highest BCUT2D eigenvalue weighted by molar-refractivity contribution is 5.67. The first-order valence-electron chi connectivity index (χ1n) is 4.98. The van der Waals surface area contributed by atoms with E-state index >= 15 is 0 Å². The Morgan fingerprint density at radius 3 is 2.93 bits per heavy atom. The highest BCUT2D eigenvalue weighted by Gasteiger charge is 2.31. The Morgan fingerprint density at radius 2 is 2.50 bits per heavy atom. The summed E-state index contributed by atoms with van der Waals surface area (Å²) in [7, 11) is 0. The van der Waals surface area contributed by atoms with Gasteiger partial charge in [0.15, 0.2) is 0 Å². The quantitative estimate of drug-likeness (QED) is 0.767. The van der Waals surface area contributed by atoms with Gasteiger partial charge in [-0.2, -0.15) is 0 Å². The van der Waals surface area contributed by atoms with Crippen LogP contribution in [0.25, 0.3) is 0 Å². The van der Waals surface area contributed by atoms with E-state index in [1.165, 1.54) is 6.42 Å². The van der Waals surface area contributed by atoms with Gasteiger partial charge >= 0.3 is 5.97 Å². The Morgan fingerprint density at radius 1 is 1.71 bits per heavy atom. The third-order valence-electron chi connectivity index (χ3n) is 2.98. The maximum atomic E-state index is 10.7. The minimum Gasteiger partial charge on any atom is -0.481 e. The van der Waals surface area contributed by atoms with Gasteiger partial charge in [0, 0.05) is 18.3 Å². The van der Waals surface area contributed by atoms with Gasteiger partial charge in [-0.15, -0.1) is 0 Å². The average Bonchev–Trinajstić information content (AvgIpc) is 2.49. The number of aromatic nitrogens is 2. The van der Waals surface area contributed by atoms with Crippen molar-refractivity contribution in [2.75, 3.05) is 0 Å². The lowest BCUT2D eigenvalue weighted by molar-refractivity contribution is -0.138. The zero-order chi connectivity index (χ0) is 9.97. The summed E-state index contributed by atoms with van der Waals surface area (Å²) in [6.07, 6.45) is 7.13. The summed E-state index contributed by atoms with van der Waals surface area (Å²) < 4.78 is 0. The second-order valence-electron chi connectivity index (χ2n) is 3.87. The van der Waals surface area contributed by atoms with Gasteiger partial charge in [0.1, 0.15) is 5.82 Å². The molecule has 0 saturated heterocycles. The van der Waals surface area contributed by atoms with E-state index in [0.29, 0.717) is 5.92 Å². The zero-order valence-corrected chi connectivity index (χ0v) is 7.94. The number of carboxylic acids is 1. The van der Waals surface area contributed by atoms with Crippen LogP contribution in [-0.4, -0.2) is 21.0 Å². The van der Waals surface area contributed by atoms with E-state index < -0.39 is 5.97 Å². The number of nitrogens with zero attached hydrogens (tertiary/aromatic N) is 1. The van der Waals surface area contributed by atoms with E-state index in [4.69, 9.17) is 5.11 Å². The predicted octanol–water partition coefficient (Wildman–Crippen LogP) is 1.77. The predicted molar refractivity (Wildman–Crippen MR) is 50.9 cm³/mol. The van der Waals surface area contributed by atoms with Crippen molar-refractivity contribution in [3.63, 3.8) is 0 Å². The number of hydrogen-bond donors (Lipinski definition) is 2. The summed E-state index contributed by atoms with van der Waals surface area (Å²) in [6, 6.07) is 0. The van der Waals surface area contributed by atoms with Gasteiger partial charge in [-0.3, -0.25) is 4.79 Å². The molecule has 1 aliphatic carbocycles. The van der Waals surface area contributed by atoms with Crippen LogP contribution in [0.3, 0.4) is 0 Å². The molecule has 14 heavy (non-hydrogen) atoms. The number of imidazole rings is 1. The third-order valence-corrected chi connectivity index (χ3v) is 2.98. The van der Waals surface area contributed by atoms with Crippen LogP contribution in [0.15, 0.2) is 12.4 Å². The summed E-state index contributed by atoms with van der Waals surface area (Å²) in [5, 5.41) is 8.81. The molecule has 1 aromatic heterocycles. The van der Waals surface area contributed by atoms with Crippen LogP contribution in [-0.2, 0) is 4.79 Å². The van der Waals surface area contributed by atoms with Gasteiger partial charge in [0.05, 0.1) is 6.42 Å². The second-order valence-corrected chi connectivity index (χ2v) is 3.87. The highest BCUT2D eigenvalue weighted by Crippen LogP contribution is 2.39. The van der Waals surface area contributed by atoms with Crippen molar-refractivity contribution in [2.45, 2.75) is 31.6 Å². The van der Waals surface area contributed by atoms with E-state index in [1.54, 1.807) is 12.4 Å². The fourth-order valence-corrected chi connectivity index (χ4v) is 2.00. The molecular weight excluding hydrogens is 180 g/mol. The number of aliphatic carboxylic acids is 1. The minimum atomic E-state index is -0.738. The van der Waals surface area contributed by atoms with Crippen molar-refractivity contribution in [1.82, 2.24) is 9.97 Å². The van der Waals surface area contributed by atoms with Crippen molar-refractivity contribution in [3.8, 4) is 0 Å². The molecule has 0 amide bonds. The molecule has 0 radical (unpaired) electrons. The Labute approximate surface area is 82.4 Å². The molecule has 1 unspecified atom stereocenters. The van der Waals surface area contributed by atoms with Crippen molar-refractivity contribution in [3.05, 3.63) is 18.2 Å². The lowest BCUT2D eigenvalue weighted by atomic mass is 9.74. The lowest BCUT2D eigenvalue weighted by Gasteiger charge is -2.31. The fraction of sp³-hybridized carbons (Fsp3) is 0.600. The number of H-pyrrole nitrogens is 1. The van der Waals surface area contributed by atoms with E-state index in [0.717, 1.165) is 18.7 Å². The van der Waals surface area contributed by atoms with Crippen LogP contribution >= 0.6 is 0 Å². The Bertz CT molecular complexity index is 304. The maximum Gasteiger partial charge on any atom is 0.304 e. The Kier molecular flexibility index (Phi) is 2.52. The summed E-state index contributed by atoms with van der Waals surface area (Å²) in [4.78, 5) is 17.9. The number of carbonyl (C=O) groups is 1. The largest absolute Gasteiger partial charge is 0.481 e. The van der Waals surface area contributed by atoms with Crippen molar-refractivity contribution in [2.24, 2.45) is 5.92 Å². The summed E-state index contributed by atoms with van der Waals surface area (Å²) in [5.41, 5.74) is 0. The molecule has 4 nitrogen and oxygen atoms in total. The normalized spacial score (nSPS) is 18.9. The summed E-state index contributed by atoms with van der Waals surface area (Å²) >= 11 is 0. The van der Waals surface area contributed by atoms with Crippen molar-refractivity contribution in [1.29, 1.82) is 0 Å². The maximum absolute atomic E-state index is 10.7. The first-order chi connectivity index (χ1) is 6.77. The molecule has 1 aliphatic rings. The SMILES string of the molecule is O=C(O)CC(c1ncc[nH]1)C1CCC1. The van der Waals surface area contributed by atoms with E-state index in [9.17, 15) is 4.79 Å². The third kappa shape index (κ3) is 1.78. The number of rotatable bonds is 4. The van der Waals surface area contributed by atoms with Crippen molar-refractivity contribution < 1.29 is 9.90 Å². The number of nitrogens with one attached hydrogen (secondary N) is 1. The van der Waals surface area contributed by atoms with Crippen molar-refractivity contribution >= 4 is 5.97 Å². The number of carboxylic acid groups (broad SMARTS) is 1. The van der Waals surface area contributed by atoms with Crippen LogP contribution in [0.2, 0.25) is 0 Å². The topological polar surface area (TPSA) is 66.0 Å². The molecule has 1 saturated carbocycles. The van der Waals surface area contributed by atoms with Crippen LogP contribution in [0.5, 0.6) is 0 Å². The molecule has 1 aromatic rings. The molecule has 2 N–H and O–H groups in total. The molecule has 0 bridgehead atoms. The lowest BCUT2D eigenvalue weighted by Crippen LogP contribution is -2.23. The van der Waals surface area contributed by atoms with Gasteiger partial charge in [-0.25, -0.2) is 4.98 Å². The molecule has 0 spiro atoms. The molecule has 2 rings (SSSR count). The molecule has 4 heteroatoms. The van der Waals surface area contributed by atoms with Gasteiger partial charge in [0.25, 0.3) is 0 Å². The average molecular weight is 194 g/mol. The molecule has 76 valence electrons. The van der Waals surface area contributed by atoms with Gasteiger partial charge in [-0.1, -0.05) is 6.42 Å². The van der Waals surface area contributed by atoms with E-state index in [1.807, 2.05) is 0 Å². The highest BCUT2D eigenvalue weighted by atomic mass is 16.4. The molecule has 1 atom stereocenters. The van der Waals surface area contributed by atoms with E-state index in [-0.39, 0.29) is 12.3 Å². The van der Waals surface area contributed by atoms with Gasteiger partial charge < -0.3 is 10.1 Å². The van der Waals surface area contributed by atoms with Crippen LogP contribution in [0, 0.1) is 5.92 Å². The first-order valence-corrected chi connectivity index (χ1v) is 4.98. The first kappa shape index (κ1) is 9.24. The Hall–Kier alpha value is -1.32. The minimum absolute atomic E-state index is 0.0799. The van der Waals surface area contributed by atoms with Crippen LogP contribution < -0.4 is 0 Å². The summed E-state index contributed by atoms with van der Waals surface area (Å²) in [5.74, 6) is 0.684. The zero-order valence-electron chi connectivity index (χ0n) is 7.94. The molecule has 1 fully saturated rings. The second kappa shape index (κ2) is 3.82. The van der Waals surface area contributed by atoms with Gasteiger partial charge in [-0.05, 0) is 18.8 Å². The van der Waals surface area contributed by atoms with Crippen LogP contribution in [0.1, 0.15) is 37.4 Å². The monoisotopic (exact) mass is 194 g/mol.